The molecule has 0 aliphatic rings. The van der Waals surface area contributed by atoms with Gasteiger partial charge in [0, 0.05) is 15.9 Å². The summed E-state index contributed by atoms with van der Waals surface area (Å²) in [5.41, 5.74) is 2.75. The molecule has 132 valence electrons. The molecule has 0 fully saturated rings. The molecular weight excluding hydrogens is 362 g/mol. The first kappa shape index (κ1) is 17.1. The number of hydrogen-bond donors (Lipinski definition) is 2. The van der Waals surface area contributed by atoms with E-state index in [0.717, 1.165) is 11.1 Å². The van der Waals surface area contributed by atoms with Gasteiger partial charge < -0.3 is 10.1 Å². The number of pyridine rings is 1. The lowest BCUT2D eigenvalue weighted by atomic mass is 9.99. The number of carboxylic acids is 1. The maximum Gasteiger partial charge on any atom is 0.341 e. The summed E-state index contributed by atoms with van der Waals surface area (Å²) in [5, 5.41) is 10.6. The van der Waals surface area contributed by atoms with Gasteiger partial charge in [-0.3, -0.25) is 4.79 Å². The molecule has 4 rings (SSSR count). The maximum atomic E-state index is 12.7. The van der Waals surface area contributed by atoms with Crippen LogP contribution < -0.4 is 5.43 Å². The van der Waals surface area contributed by atoms with Crippen LogP contribution in [-0.2, 0) is 0 Å². The van der Waals surface area contributed by atoms with Crippen molar-refractivity contribution < 1.29 is 9.90 Å². The molecule has 0 spiro atoms. The van der Waals surface area contributed by atoms with Crippen LogP contribution in [0.1, 0.15) is 10.4 Å². The number of H-pyrrole nitrogens is 1. The monoisotopic (exact) mass is 375 g/mol. The first-order valence-electron chi connectivity index (χ1n) is 8.29. The third kappa shape index (κ3) is 3.11. The molecule has 27 heavy (non-hydrogen) atoms. The van der Waals surface area contributed by atoms with Crippen LogP contribution in [0.4, 0.5) is 0 Å². The molecule has 0 bridgehead atoms. The van der Waals surface area contributed by atoms with Crippen LogP contribution in [0.2, 0.25) is 5.02 Å². The lowest BCUT2D eigenvalue weighted by molar-refractivity contribution is 0.0696. The SMILES string of the molecule is O=C(O)c1c(-c2ccc(-c3ccc(Cl)cc3)cc2)[nH]c2ccccc2c1=O. The fraction of sp³-hybridized carbons (Fsp3) is 0. The Kier molecular flexibility index (Phi) is 4.26. The van der Waals surface area contributed by atoms with Crippen molar-refractivity contribution in [1.82, 2.24) is 4.98 Å². The number of carboxylic acid groups (broad SMARTS) is 1. The van der Waals surface area contributed by atoms with Crippen LogP contribution in [0.15, 0.2) is 77.6 Å². The minimum atomic E-state index is -1.25. The van der Waals surface area contributed by atoms with E-state index in [0.29, 0.717) is 27.2 Å². The Hall–Kier alpha value is -3.37. The number of aromatic carboxylic acids is 1. The van der Waals surface area contributed by atoms with E-state index >= 15 is 0 Å². The Morgan fingerprint density at radius 2 is 1.37 bits per heavy atom. The van der Waals surface area contributed by atoms with Gasteiger partial charge in [-0.15, -0.1) is 0 Å². The van der Waals surface area contributed by atoms with E-state index in [1.165, 1.54) is 0 Å². The molecule has 0 radical (unpaired) electrons. The zero-order valence-electron chi connectivity index (χ0n) is 14.1. The third-order valence-corrected chi connectivity index (χ3v) is 4.73. The van der Waals surface area contributed by atoms with Crippen molar-refractivity contribution in [3.63, 3.8) is 0 Å². The Morgan fingerprint density at radius 1 is 0.815 bits per heavy atom. The second-order valence-corrected chi connectivity index (χ2v) is 6.58. The number of aromatic nitrogens is 1. The normalized spacial score (nSPS) is 10.9. The van der Waals surface area contributed by atoms with Crippen LogP contribution in [0, 0.1) is 0 Å². The quantitative estimate of drug-likeness (QED) is 0.516. The Bertz CT molecular complexity index is 1210. The number of fused-ring (bicyclic) bond motifs is 1. The topological polar surface area (TPSA) is 70.2 Å². The van der Waals surface area contributed by atoms with E-state index in [9.17, 15) is 14.7 Å². The zero-order valence-corrected chi connectivity index (χ0v) is 14.8. The molecule has 0 aliphatic carbocycles. The van der Waals surface area contributed by atoms with Crippen LogP contribution in [-0.4, -0.2) is 16.1 Å². The van der Waals surface area contributed by atoms with Gasteiger partial charge in [0.15, 0.2) is 0 Å². The fourth-order valence-electron chi connectivity index (χ4n) is 3.13. The van der Waals surface area contributed by atoms with Crippen molar-refractivity contribution in [3.05, 3.63) is 93.6 Å². The predicted octanol–water partition coefficient (Wildman–Crippen LogP) is 5.21. The fourth-order valence-corrected chi connectivity index (χ4v) is 3.25. The van der Waals surface area contributed by atoms with Gasteiger partial charge in [0.1, 0.15) is 5.56 Å². The summed E-state index contributed by atoms with van der Waals surface area (Å²) in [5.74, 6) is -1.25. The second kappa shape index (κ2) is 6.74. The molecule has 1 heterocycles. The summed E-state index contributed by atoms with van der Waals surface area (Å²) in [4.78, 5) is 27.5. The number of aromatic amines is 1. The zero-order chi connectivity index (χ0) is 19.0. The predicted molar refractivity (Wildman–Crippen MR) is 107 cm³/mol. The summed E-state index contributed by atoms with van der Waals surface area (Å²) < 4.78 is 0. The van der Waals surface area contributed by atoms with Crippen LogP contribution >= 0.6 is 11.6 Å². The summed E-state index contributed by atoms with van der Waals surface area (Å²) in [6.07, 6.45) is 0. The molecule has 0 saturated heterocycles. The van der Waals surface area contributed by atoms with Crippen molar-refractivity contribution in [1.29, 1.82) is 0 Å². The highest BCUT2D eigenvalue weighted by Crippen LogP contribution is 2.27. The molecule has 5 heteroatoms. The molecule has 4 nitrogen and oxygen atoms in total. The first-order chi connectivity index (χ1) is 13.0. The number of hydrogen-bond acceptors (Lipinski definition) is 2. The van der Waals surface area contributed by atoms with Gasteiger partial charge in [-0.25, -0.2) is 4.79 Å². The van der Waals surface area contributed by atoms with Gasteiger partial charge in [0.05, 0.1) is 5.69 Å². The standard InChI is InChI=1S/C22H14ClNO3/c23-16-11-9-14(10-12-16)13-5-7-15(8-6-13)20-19(22(26)27)21(25)17-3-1-2-4-18(17)24-20/h1-12H,(H,24,25)(H,26,27). The molecule has 0 aliphatic heterocycles. The van der Waals surface area contributed by atoms with Crippen LogP contribution in [0.5, 0.6) is 0 Å². The molecule has 0 atom stereocenters. The van der Waals surface area contributed by atoms with E-state index in [1.54, 1.807) is 36.4 Å². The second-order valence-electron chi connectivity index (χ2n) is 6.14. The summed E-state index contributed by atoms with van der Waals surface area (Å²) in [6.45, 7) is 0. The van der Waals surface area contributed by atoms with Crippen molar-refractivity contribution in [2.45, 2.75) is 0 Å². The van der Waals surface area contributed by atoms with Gasteiger partial charge in [0.2, 0.25) is 5.43 Å². The van der Waals surface area contributed by atoms with E-state index in [-0.39, 0.29) is 5.56 Å². The first-order valence-corrected chi connectivity index (χ1v) is 8.67. The number of para-hydroxylation sites is 1. The van der Waals surface area contributed by atoms with Crippen molar-refractivity contribution in [2.75, 3.05) is 0 Å². The molecule has 3 aromatic carbocycles. The Labute approximate surface area is 159 Å². The third-order valence-electron chi connectivity index (χ3n) is 4.47. The minimum absolute atomic E-state index is 0.257. The van der Waals surface area contributed by atoms with E-state index in [2.05, 4.69) is 4.98 Å². The number of halogens is 1. The lowest BCUT2D eigenvalue weighted by Crippen LogP contribution is -2.18. The molecule has 1 aromatic heterocycles. The van der Waals surface area contributed by atoms with Crippen molar-refractivity contribution >= 4 is 28.5 Å². The highest BCUT2D eigenvalue weighted by molar-refractivity contribution is 6.30. The smallest absolute Gasteiger partial charge is 0.341 e. The highest BCUT2D eigenvalue weighted by atomic mass is 35.5. The van der Waals surface area contributed by atoms with Gasteiger partial charge in [0.25, 0.3) is 0 Å². The van der Waals surface area contributed by atoms with Gasteiger partial charge in [-0.05, 0) is 41.0 Å². The minimum Gasteiger partial charge on any atom is -0.477 e. The van der Waals surface area contributed by atoms with E-state index in [4.69, 9.17) is 11.6 Å². The Morgan fingerprint density at radius 3 is 2.00 bits per heavy atom. The van der Waals surface area contributed by atoms with Gasteiger partial charge >= 0.3 is 5.97 Å². The lowest BCUT2D eigenvalue weighted by Gasteiger charge is -2.10. The van der Waals surface area contributed by atoms with Crippen molar-refractivity contribution in [3.8, 4) is 22.4 Å². The number of rotatable bonds is 3. The van der Waals surface area contributed by atoms with Gasteiger partial charge in [-0.2, -0.15) is 0 Å². The molecule has 0 saturated carbocycles. The number of carbonyl (C=O) groups is 1. The maximum absolute atomic E-state index is 12.7. The van der Waals surface area contributed by atoms with Crippen molar-refractivity contribution in [2.24, 2.45) is 0 Å². The average molecular weight is 376 g/mol. The van der Waals surface area contributed by atoms with Crippen LogP contribution in [0.3, 0.4) is 0 Å². The molecule has 4 aromatic rings. The number of nitrogens with one attached hydrogen (secondary N) is 1. The van der Waals surface area contributed by atoms with Gasteiger partial charge in [-0.1, -0.05) is 60.1 Å². The van der Waals surface area contributed by atoms with E-state index in [1.807, 2.05) is 36.4 Å². The average Bonchev–Trinajstić information content (AvgIpc) is 2.68. The molecule has 2 N–H and O–H groups in total. The summed E-state index contributed by atoms with van der Waals surface area (Å²) in [7, 11) is 0. The summed E-state index contributed by atoms with van der Waals surface area (Å²) in [6, 6.07) is 21.7. The van der Waals surface area contributed by atoms with E-state index < -0.39 is 11.4 Å². The molecule has 0 amide bonds. The molecule has 0 unspecified atom stereocenters. The highest BCUT2D eigenvalue weighted by Gasteiger charge is 2.19. The number of benzene rings is 3. The Balaban J connectivity index is 1.87. The summed E-state index contributed by atoms with van der Waals surface area (Å²) >= 11 is 5.92. The molecular formula is C22H14ClNO3. The van der Waals surface area contributed by atoms with Crippen LogP contribution in [0.25, 0.3) is 33.3 Å². The largest absolute Gasteiger partial charge is 0.477 e.